The molecule has 0 unspecified atom stereocenters. The Bertz CT molecular complexity index is 484. The molecule has 19 heavy (non-hydrogen) atoms. The largest absolute Gasteiger partial charge is 0.481 e. The summed E-state index contributed by atoms with van der Waals surface area (Å²) in [5.41, 5.74) is 2.49. The smallest absolute Gasteiger partial charge is 0.303 e. The number of nitrogens with one attached hydrogen (secondary N) is 1. The molecule has 0 aliphatic heterocycles. The van der Waals surface area contributed by atoms with E-state index in [4.69, 9.17) is 5.11 Å². The average Bonchev–Trinajstić information content (AvgIpc) is 3.15. The fourth-order valence-electron chi connectivity index (χ4n) is 2.41. The lowest BCUT2D eigenvalue weighted by Gasteiger charge is -2.06. The summed E-state index contributed by atoms with van der Waals surface area (Å²) >= 11 is 0. The van der Waals surface area contributed by atoms with Crippen molar-refractivity contribution in [3.63, 3.8) is 0 Å². The van der Waals surface area contributed by atoms with E-state index in [1.807, 2.05) is 12.1 Å². The highest BCUT2D eigenvalue weighted by molar-refractivity contribution is 5.83. The Kier molecular flexibility index (Phi) is 4.20. The fourth-order valence-corrected chi connectivity index (χ4v) is 2.41. The zero-order valence-electron chi connectivity index (χ0n) is 11.1. The molecule has 1 fully saturated rings. The lowest BCUT2D eigenvalue weighted by molar-refractivity contribution is -0.137. The van der Waals surface area contributed by atoms with E-state index >= 15 is 0 Å². The van der Waals surface area contributed by atoms with E-state index < -0.39 is 5.97 Å². The summed E-state index contributed by atoms with van der Waals surface area (Å²) in [6, 6.07) is 8.15. The summed E-state index contributed by atoms with van der Waals surface area (Å²) in [6.07, 6.45) is 1.49. The first-order valence-electron chi connectivity index (χ1n) is 6.64. The molecule has 1 amide bonds. The van der Waals surface area contributed by atoms with Gasteiger partial charge in [-0.3, -0.25) is 9.59 Å². The van der Waals surface area contributed by atoms with Crippen molar-refractivity contribution in [1.82, 2.24) is 5.32 Å². The number of hydrogen-bond donors (Lipinski definition) is 2. The number of hydrogen-bond acceptors (Lipinski definition) is 2. The number of amides is 1. The van der Waals surface area contributed by atoms with Crippen LogP contribution in [0.4, 0.5) is 0 Å². The van der Waals surface area contributed by atoms with Crippen LogP contribution in [-0.2, 0) is 9.59 Å². The topological polar surface area (TPSA) is 66.4 Å². The Hall–Kier alpha value is -1.84. The number of aliphatic carboxylic acids is 1. The van der Waals surface area contributed by atoms with Gasteiger partial charge in [0.2, 0.25) is 5.91 Å². The van der Waals surface area contributed by atoms with E-state index in [1.54, 1.807) is 0 Å². The van der Waals surface area contributed by atoms with Gasteiger partial charge in [-0.05, 0) is 36.8 Å². The van der Waals surface area contributed by atoms with Crippen molar-refractivity contribution < 1.29 is 14.7 Å². The Morgan fingerprint density at radius 1 is 1.37 bits per heavy atom. The van der Waals surface area contributed by atoms with Crippen LogP contribution in [-0.4, -0.2) is 23.5 Å². The molecular formula is C15H19NO3. The van der Waals surface area contributed by atoms with Gasteiger partial charge in [-0.15, -0.1) is 0 Å². The predicted molar refractivity (Wildman–Crippen MR) is 71.9 cm³/mol. The summed E-state index contributed by atoms with van der Waals surface area (Å²) < 4.78 is 0. The first-order chi connectivity index (χ1) is 9.09. The standard InChI is InChI=1S/C15H19NO3/c1-10-5-2-3-6-11(10)12-9-13(12)15(19)16-8-4-7-14(17)18/h2-3,5-6,12-13H,4,7-9H2,1H3,(H,16,19)(H,17,18)/t12-,13+/m1/s1. The maximum atomic E-state index is 11.9. The highest BCUT2D eigenvalue weighted by Crippen LogP contribution is 2.48. The van der Waals surface area contributed by atoms with Crippen LogP contribution < -0.4 is 5.32 Å². The summed E-state index contributed by atoms with van der Waals surface area (Å²) in [4.78, 5) is 22.2. The van der Waals surface area contributed by atoms with E-state index in [9.17, 15) is 9.59 Å². The number of aryl methyl sites for hydroxylation is 1. The highest BCUT2D eigenvalue weighted by Gasteiger charge is 2.44. The first kappa shape index (κ1) is 13.6. The van der Waals surface area contributed by atoms with Crippen LogP contribution in [0, 0.1) is 12.8 Å². The SMILES string of the molecule is Cc1ccccc1[C@H]1C[C@@H]1C(=O)NCCCC(=O)O. The van der Waals surface area contributed by atoms with Crippen LogP contribution in [0.15, 0.2) is 24.3 Å². The molecule has 0 saturated heterocycles. The predicted octanol–water partition coefficient (Wildman–Crippen LogP) is 2.08. The minimum absolute atomic E-state index is 0.0543. The van der Waals surface area contributed by atoms with Gasteiger partial charge < -0.3 is 10.4 Å². The average molecular weight is 261 g/mol. The molecule has 0 spiro atoms. The van der Waals surface area contributed by atoms with Crippen molar-refractivity contribution in [3.05, 3.63) is 35.4 Å². The third-order valence-electron chi connectivity index (χ3n) is 3.58. The molecule has 2 N–H and O–H groups in total. The molecule has 1 saturated carbocycles. The number of carboxylic acids is 1. The maximum absolute atomic E-state index is 11.9. The Morgan fingerprint density at radius 2 is 2.11 bits per heavy atom. The third-order valence-corrected chi connectivity index (χ3v) is 3.58. The highest BCUT2D eigenvalue weighted by atomic mass is 16.4. The number of rotatable bonds is 6. The molecule has 102 valence electrons. The third kappa shape index (κ3) is 3.56. The summed E-state index contributed by atoms with van der Waals surface area (Å²) in [5, 5.41) is 11.3. The molecule has 4 heteroatoms. The van der Waals surface area contributed by atoms with E-state index in [1.165, 1.54) is 11.1 Å². The minimum atomic E-state index is -0.821. The Labute approximate surface area is 112 Å². The number of carboxylic acid groups (broad SMARTS) is 1. The van der Waals surface area contributed by atoms with Gasteiger partial charge in [0.15, 0.2) is 0 Å². The van der Waals surface area contributed by atoms with Crippen LogP contribution in [0.2, 0.25) is 0 Å². The molecule has 2 atom stereocenters. The van der Waals surface area contributed by atoms with Crippen LogP contribution in [0.5, 0.6) is 0 Å². The van der Waals surface area contributed by atoms with Crippen molar-refractivity contribution in [2.75, 3.05) is 6.54 Å². The zero-order chi connectivity index (χ0) is 13.8. The first-order valence-corrected chi connectivity index (χ1v) is 6.64. The minimum Gasteiger partial charge on any atom is -0.481 e. The molecule has 0 aromatic heterocycles. The Balaban J connectivity index is 1.78. The molecule has 0 radical (unpaired) electrons. The zero-order valence-corrected chi connectivity index (χ0v) is 11.1. The van der Waals surface area contributed by atoms with Gasteiger partial charge in [-0.1, -0.05) is 24.3 Å². The van der Waals surface area contributed by atoms with Gasteiger partial charge in [0.1, 0.15) is 0 Å². The van der Waals surface area contributed by atoms with Crippen LogP contribution in [0.25, 0.3) is 0 Å². The molecular weight excluding hydrogens is 242 g/mol. The fraction of sp³-hybridized carbons (Fsp3) is 0.467. The van der Waals surface area contributed by atoms with Crippen molar-refractivity contribution in [2.24, 2.45) is 5.92 Å². The van der Waals surface area contributed by atoms with Crippen LogP contribution >= 0.6 is 0 Å². The lowest BCUT2D eigenvalue weighted by atomic mass is 10.0. The molecule has 1 aromatic carbocycles. The molecule has 4 nitrogen and oxygen atoms in total. The second-order valence-corrected chi connectivity index (χ2v) is 5.09. The van der Waals surface area contributed by atoms with Gasteiger partial charge in [-0.2, -0.15) is 0 Å². The van der Waals surface area contributed by atoms with Crippen molar-refractivity contribution in [3.8, 4) is 0 Å². The molecule has 2 rings (SSSR count). The number of carbonyl (C=O) groups is 2. The van der Waals surface area contributed by atoms with E-state index in [2.05, 4.69) is 24.4 Å². The summed E-state index contributed by atoms with van der Waals surface area (Å²) in [7, 11) is 0. The molecule has 1 aliphatic rings. The van der Waals surface area contributed by atoms with E-state index in [0.29, 0.717) is 18.9 Å². The van der Waals surface area contributed by atoms with Gasteiger partial charge in [0, 0.05) is 18.9 Å². The van der Waals surface area contributed by atoms with Crippen LogP contribution in [0.3, 0.4) is 0 Å². The monoisotopic (exact) mass is 261 g/mol. The quantitative estimate of drug-likeness (QED) is 0.770. The van der Waals surface area contributed by atoms with Crippen LogP contribution in [0.1, 0.15) is 36.3 Å². The number of benzene rings is 1. The van der Waals surface area contributed by atoms with Gasteiger partial charge in [0.05, 0.1) is 0 Å². The second kappa shape index (κ2) is 5.87. The summed E-state index contributed by atoms with van der Waals surface area (Å²) in [6.45, 7) is 2.51. The molecule has 0 heterocycles. The Morgan fingerprint density at radius 3 is 2.79 bits per heavy atom. The van der Waals surface area contributed by atoms with Gasteiger partial charge in [0.25, 0.3) is 0 Å². The number of carbonyl (C=O) groups excluding carboxylic acids is 1. The van der Waals surface area contributed by atoms with Gasteiger partial charge >= 0.3 is 5.97 Å². The van der Waals surface area contributed by atoms with E-state index in [-0.39, 0.29) is 18.2 Å². The molecule has 1 aliphatic carbocycles. The van der Waals surface area contributed by atoms with Gasteiger partial charge in [-0.25, -0.2) is 0 Å². The lowest BCUT2D eigenvalue weighted by Crippen LogP contribution is -2.26. The normalized spacial score (nSPS) is 20.9. The second-order valence-electron chi connectivity index (χ2n) is 5.09. The summed E-state index contributed by atoms with van der Waals surface area (Å²) in [5.74, 6) is -0.372. The maximum Gasteiger partial charge on any atom is 0.303 e. The molecule has 0 bridgehead atoms. The van der Waals surface area contributed by atoms with Crippen molar-refractivity contribution >= 4 is 11.9 Å². The van der Waals surface area contributed by atoms with E-state index in [0.717, 1.165) is 6.42 Å². The molecule has 1 aromatic rings. The van der Waals surface area contributed by atoms with Crippen molar-refractivity contribution in [2.45, 2.75) is 32.1 Å². The van der Waals surface area contributed by atoms with Crippen molar-refractivity contribution in [1.29, 1.82) is 0 Å².